The summed E-state index contributed by atoms with van der Waals surface area (Å²) in [5.41, 5.74) is 0.824. The lowest BCUT2D eigenvalue weighted by Gasteiger charge is -1.98. The van der Waals surface area contributed by atoms with Gasteiger partial charge in [0.2, 0.25) is 0 Å². The fraction of sp³-hybridized carbons (Fsp3) is 0.154. The van der Waals surface area contributed by atoms with E-state index in [0.717, 1.165) is 0 Å². The summed E-state index contributed by atoms with van der Waals surface area (Å²) in [6, 6.07) is 7.40. The minimum Gasteiger partial charge on any atom is -0.478 e. The number of rotatable bonds is 4. The van der Waals surface area contributed by atoms with Gasteiger partial charge in [-0.2, -0.15) is 10.4 Å². The summed E-state index contributed by atoms with van der Waals surface area (Å²) < 4.78 is 14.3. The standard InChI is InChI=1S/C13H10FN3O2/c14-10-4-2-9(3-5-10)12-11(13(18)19)8-17(16-12)7-1-6-15/h2-5,8H,1,7H2,(H,18,19). The molecule has 2 rings (SSSR count). The van der Waals surface area contributed by atoms with Gasteiger partial charge in [0.1, 0.15) is 17.1 Å². The van der Waals surface area contributed by atoms with E-state index in [1.54, 1.807) is 0 Å². The smallest absolute Gasteiger partial charge is 0.339 e. The third-order valence-electron chi connectivity index (χ3n) is 2.56. The number of aromatic carboxylic acids is 1. The van der Waals surface area contributed by atoms with E-state index < -0.39 is 11.8 Å². The number of aryl methyl sites for hydroxylation is 1. The van der Waals surface area contributed by atoms with Crippen LogP contribution in [0, 0.1) is 17.1 Å². The van der Waals surface area contributed by atoms with E-state index in [1.807, 2.05) is 6.07 Å². The fourth-order valence-corrected chi connectivity index (χ4v) is 1.68. The van der Waals surface area contributed by atoms with E-state index in [1.165, 1.54) is 35.1 Å². The van der Waals surface area contributed by atoms with Crippen molar-refractivity contribution in [2.75, 3.05) is 0 Å². The predicted molar refractivity (Wildman–Crippen MR) is 64.8 cm³/mol. The van der Waals surface area contributed by atoms with E-state index >= 15 is 0 Å². The molecule has 1 aromatic carbocycles. The summed E-state index contributed by atoms with van der Waals surface area (Å²) in [7, 11) is 0. The number of aromatic nitrogens is 2. The third kappa shape index (κ3) is 2.77. The monoisotopic (exact) mass is 259 g/mol. The molecule has 5 nitrogen and oxygen atoms in total. The molecule has 0 aliphatic heterocycles. The highest BCUT2D eigenvalue weighted by atomic mass is 19.1. The number of carboxylic acids is 1. The average Bonchev–Trinajstić information content (AvgIpc) is 2.81. The van der Waals surface area contributed by atoms with Crippen molar-refractivity contribution in [2.45, 2.75) is 13.0 Å². The van der Waals surface area contributed by atoms with Crippen molar-refractivity contribution in [2.24, 2.45) is 0 Å². The second-order valence-electron chi connectivity index (χ2n) is 3.87. The number of hydrogen-bond donors (Lipinski definition) is 1. The molecule has 19 heavy (non-hydrogen) atoms. The topological polar surface area (TPSA) is 78.9 Å². The Morgan fingerprint density at radius 3 is 2.68 bits per heavy atom. The first-order valence-electron chi connectivity index (χ1n) is 5.55. The second kappa shape index (κ2) is 5.31. The van der Waals surface area contributed by atoms with Crippen LogP contribution in [0.25, 0.3) is 11.3 Å². The van der Waals surface area contributed by atoms with Gasteiger partial charge in [-0.25, -0.2) is 9.18 Å². The molecule has 0 saturated heterocycles. The zero-order valence-corrected chi connectivity index (χ0v) is 9.88. The molecule has 6 heteroatoms. The zero-order valence-electron chi connectivity index (χ0n) is 9.88. The van der Waals surface area contributed by atoms with E-state index in [-0.39, 0.29) is 17.7 Å². The highest BCUT2D eigenvalue weighted by Gasteiger charge is 2.16. The summed E-state index contributed by atoms with van der Waals surface area (Å²) in [6.45, 7) is 0.317. The molecule has 0 radical (unpaired) electrons. The summed E-state index contributed by atoms with van der Waals surface area (Å²) in [6.07, 6.45) is 1.61. The lowest BCUT2D eigenvalue weighted by Crippen LogP contribution is -1.97. The highest BCUT2D eigenvalue weighted by molar-refractivity contribution is 5.94. The Morgan fingerprint density at radius 1 is 1.42 bits per heavy atom. The number of benzene rings is 1. The molecule has 96 valence electrons. The number of hydrogen-bond acceptors (Lipinski definition) is 3. The SMILES string of the molecule is N#CCCn1cc(C(=O)O)c(-c2ccc(F)cc2)n1. The van der Waals surface area contributed by atoms with E-state index in [4.69, 9.17) is 10.4 Å². The molecule has 0 spiro atoms. The normalized spacial score (nSPS) is 10.1. The first kappa shape index (κ1) is 12.8. The molecular formula is C13H10FN3O2. The van der Waals surface area contributed by atoms with Crippen molar-refractivity contribution in [3.05, 3.63) is 41.8 Å². The van der Waals surface area contributed by atoms with Gasteiger partial charge in [-0.3, -0.25) is 4.68 Å². The minimum absolute atomic E-state index is 0.0320. The Hall–Kier alpha value is -2.68. The number of nitrogens with zero attached hydrogens (tertiary/aromatic N) is 3. The molecule has 0 aliphatic carbocycles. The van der Waals surface area contributed by atoms with Gasteiger partial charge in [0.25, 0.3) is 0 Å². The second-order valence-corrected chi connectivity index (χ2v) is 3.87. The van der Waals surface area contributed by atoms with E-state index in [2.05, 4.69) is 5.10 Å². The largest absolute Gasteiger partial charge is 0.478 e. The third-order valence-corrected chi connectivity index (χ3v) is 2.56. The van der Waals surface area contributed by atoms with Crippen LogP contribution in [0.5, 0.6) is 0 Å². The van der Waals surface area contributed by atoms with Crippen molar-refractivity contribution in [3.63, 3.8) is 0 Å². The van der Waals surface area contributed by atoms with Gasteiger partial charge in [0, 0.05) is 11.8 Å². The van der Waals surface area contributed by atoms with Gasteiger partial charge in [-0.1, -0.05) is 0 Å². The van der Waals surface area contributed by atoms with Crippen LogP contribution in [0.3, 0.4) is 0 Å². The van der Waals surface area contributed by atoms with Crippen LogP contribution >= 0.6 is 0 Å². The van der Waals surface area contributed by atoms with Gasteiger partial charge >= 0.3 is 5.97 Å². The van der Waals surface area contributed by atoms with Crippen LogP contribution in [0.2, 0.25) is 0 Å². The number of carbonyl (C=O) groups is 1. The molecule has 1 N–H and O–H groups in total. The van der Waals surface area contributed by atoms with Crippen molar-refractivity contribution in [3.8, 4) is 17.3 Å². The molecule has 0 aliphatic rings. The quantitative estimate of drug-likeness (QED) is 0.913. The Morgan fingerprint density at radius 2 is 2.11 bits per heavy atom. The van der Waals surface area contributed by atoms with Crippen molar-refractivity contribution in [1.29, 1.82) is 5.26 Å². The Kier molecular flexibility index (Phi) is 3.57. The molecule has 0 saturated carbocycles. The average molecular weight is 259 g/mol. The number of carboxylic acid groups (broad SMARTS) is 1. The number of halogens is 1. The van der Waals surface area contributed by atoms with Gasteiger partial charge in [0.15, 0.2) is 0 Å². The molecule has 0 unspecified atom stereocenters. The Balaban J connectivity index is 2.43. The maximum Gasteiger partial charge on any atom is 0.339 e. The molecule has 0 atom stereocenters. The Labute approximate surface area is 108 Å². The highest BCUT2D eigenvalue weighted by Crippen LogP contribution is 2.22. The molecule has 2 aromatic rings. The minimum atomic E-state index is -1.11. The van der Waals surface area contributed by atoms with Crippen LogP contribution in [0.4, 0.5) is 4.39 Å². The molecule has 1 heterocycles. The summed E-state index contributed by atoms with van der Waals surface area (Å²) in [5.74, 6) is -1.51. The van der Waals surface area contributed by atoms with Gasteiger partial charge in [-0.15, -0.1) is 0 Å². The van der Waals surface area contributed by atoms with Crippen LogP contribution in [0.15, 0.2) is 30.5 Å². The van der Waals surface area contributed by atoms with Crippen molar-refractivity contribution >= 4 is 5.97 Å². The van der Waals surface area contributed by atoms with Crippen LogP contribution < -0.4 is 0 Å². The molecule has 1 aromatic heterocycles. The predicted octanol–water partition coefficient (Wildman–Crippen LogP) is 2.30. The van der Waals surface area contributed by atoms with Crippen LogP contribution in [0.1, 0.15) is 16.8 Å². The Bertz CT molecular complexity index is 641. The molecule has 0 fully saturated rings. The first-order chi connectivity index (χ1) is 9.11. The van der Waals surface area contributed by atoms with Crippen molar-refractivity contribution in [1.82, 2.24) is 9.78 Å². The fourth-order valence-electron chi connectivity index (χ4n) is 1.68. The molecule has 0 bridgehead atoms. The first-order valence-corrected chi connectivity index (χ1v) is 5.55. The summed E-state index contributed by atoms with van der Waals surface area (Å²) in [4.78, 5) is 11.2. The maximum absolute atomic E-state index is 12.9. The van der Waals surface area contributed by atoms with Gasteiger partial charge in [0.05, 0.1) is 19.0 Å². The van der Waals surface area contributed by atoms with E-state index in [0.29, 0.717) is 12.1 Å². The number of nitriles is 1. The van der Waals surface area contributed by atoms with Gasteiger partial charge < -0.3 is 5.11 Å². The van der Waals surface area contributed by atoms with Crippen molar-refractivity contribution < 1.29 is 14.3 Å². The van der Waals surface area contributed by atoms with Gasteiger partial charge in [-0.05, 0) is 24.3 Å². The zero-order chi connectivity index (χ0) is 13.8. The molecular weight excluding hydrogens is 249 g/mol. The summed E-state index contributed by atoms with van der Waals surface area (Å²) in [5, 5.41) is 21.8. The molecule has 0 amide bonds. The summed E-state index contributed by atoms with van der Waals surface area (Å²) >= 11 is 0. The maximum atomic E-state index is 12.9. The lowest BCUT2D eigenvalue weighted by atomic mass is 10.1. The van der Waals surface area contributed by atoms with E-state index in [9.17, 15) is 9.18 Å². The van der Waals surface area contributed by atoms with Crippen LogP contribution in [-0.4, -0.2) is 20.9 Å². The van der Waals surface area contributed by atoms with Crippen LogP contribution in [-0.2, 0) is 6.54 Å². The lowest BCUT2D eigenvalue weighted by molar-refractivity contribution is 0.0697.